The molecule has 3 aliphatic rings. The molecule has 0 amide bonds. The van der Waals surface area contributed by atoms with E-state index in [9.17, 15) is 0 Å². The molecule has 162 valence electrons. The van der Waals surface area contributed by atoms with Crippen molar-refractivity contribution in [2.24, 2.45) is 0 Å². The van der Waals surface area contributed by atoms with Gasteiger partial charge in [0.15, 0.2) is 5.82 Å². The third-order valence-electron chi connectivity index (χ3n) is 6.53. The molecular weight excluding hydrogens is 386 g/mol. The van der Waals surface area contributed by atoms with E-state index in [1.807, 2.05) is 23.0 Å². The van der Waals surface area contributed by atoms with Gasteiger partial charge >= 0.3 is 0 Å². The summed E-state index contributed by atoms with van der Waals surface area (Å²) in [5.41, 5.74) is 6.15. The van der Waals surface area contributed by atoms with Gasteiger partial charge in [0.25, 0.3) is 0 Å². The molecule has 31 heavy (non-hydrogen) atoms. The van der Waals surface area contributed by atoms with Crippen LogP contribution in [0.1, 0.15) is 37.4 Å². The zero-order valence-corrected chi connectivity index (χ0v) is 18.3. The lowest BCUT2D eigenvalue weighted by molar-refractivity contribution is -0.00895. The third kappa shape index (κ3) is 4.23. The van der Waals surface area contributed by atoms with Crippen LogP contribution < -0.4 is 10.2 Å². The molecule has 1 N–H and O–H groups in total. The number of nitrogens with zero attached hydrogens (tertiary/aromatic N) is 4. The minimum absolute atomic E-state index is 0.532. The van der Waals surface area contributed by atoms with Gasteiger partial charge in [-0.3, -0.25) is 0 Å². The lowest BCUT2D eigenvalue weighted by Crippen LogP contribution is -2.51. The molecule has 2 saturated heterocycles. The number of hydrogen-bond donors (Lipinski definition) is 1. The molecular formula is C25H31N5O. The largest absolute Gasteiger partial charge is 0.378 e. The van der Waals surface area contributed by atoms with E-state index in [2.05, 4.69) is 48.1 Å². The summed E-state index contributed by atoms with van der Waals surface area (Å²) in [4.78, 5) is 7.16. The number of fused-ring (bicyclic) bond motifs is 1. The number of allylic oxidation sites excluding steroid dienone is 5. The van der Waals surface area contributed by atoms with Gasteiger partial charge in [0, 0.05) is 30.9 Å². The van der Waals surface area contributed by atoms with Gasteiger partial charge in [0.2, 0.25) is 0 Å². The lowest BCUT2D eigenvalue weighted by Gasteiger charge is -2.30. The first-order chi connectivity index (χ1) is 15.2. The van der Waals surface area contributed by atoms with E-state index >= 15 is 0 Å². The van der Waals surface area contributed by atoms with Crippen molar-refractivity contribution in [3.05, 3.63) is 66.2 Å². The van der Waals surface area contributed by atoms with Gasteiger partial charge in [0.05, 0.1) is 36.8 Å². The van der Waals surface area contributed by atoms with Crippen molar-refractivity contribution in [1.29, 1.82) is 0 Å². The van der Waals surface area contributed by atoms with Crippen LogP contribution in [0.5, 0.6) is 0 Å². The molecule has 2 fully saturated rings. The van der Waals surface area contributed by atoms with Crippen LogP contribution in [0.4, 0.5) is 5.69 Å². The Bertz CT molecular complexity index is 999. The Morgan fingerprint density at radius 2 is 2.13 bits per heavy atom. The molecule has 6 heteroatoms. The first-order valence-electron chi connectivity index (χ1n) is 11.3. The molecule has 1 atom stereocenters. The second kappa shape index (κ2) is 8.81. The summed E-state index contributed by atoms with van der Waals surface area (Å²) in [5, 5.41) is 8.62. The Hall–Kier alpha value is -2.70. The first-order valence-corrected chi connectivity index (χ1v) is 11.3. The predicted molar refractivity (Wildman–Crippen MR) is 125 cm³/mol. The fraction of sp³-hybridized carbons (Fsp3) is 0.440. The highest BCUT2D eigenvalue weighted by Gasteiger charge is 2.28. The first kappa shape index (κ1) is 20.2. The second-order valence-corrected chi connectivity index (χ2v) is 8.80. The van der Waals surface area contributed by atoms with Gasteiger partial charge in [-0.1, -0.05) is 30.4 Å². The van der Waals surface area contributed by atoms with Crippen LogP contribution in [-0.2, 0) is 11.2 Å². The number of aryl methyl sites for hydroxylation is 1. The molecule has 0 radical (unpaired) electrons. The van der Waals surface area contributed by atoms with Crippen LogP contribution in [0.15, 0.2) is 54.9 Å². The Morgan fingerprint density at radius 3 is 2.87 bits per heavy atom. The number of anilines is 1. The zero-order chi connectivity index (χ0) is 21.2. The molecule has 6 nitrogen and oxygen atoms in total. The highest BCUT2D eigenvalue weighted by molar-refractivity contribution is 5.77. The van der Waals surface area contributed by atoms with Gasteiger partial charge in [0.1, 0.15) is 0 Å². The Kier molecular flexibility index (Phi) is 5.74. The zero-order valence-electron chi connectivity index (χ0n) is 18.3. The molecule has 4 heterocycles. The molecule has 0 bridgehead atoms. The molecule has 0 aromatic carbocycles. The van der Waals surface area contributed by atoms with Crippen LogP contribution in [0.2, 0.25) is 0 Å². The highest BCUT2D eigenvalue weighted by atomic mass is 16.5. The maximum Gasteiger partial charge on any atom is 0.153 e. The van der Waals surface area contributed by atoms with E-state index in [0.717, 1.165) is 63.5 Å². The number of nitrogens with one attached hydrogen (secondary N) is 1. The molecule has 5 rings (SSSR count). The van der Waals surface area contributed by atoms with Crippen molar-refractivity contribution >= 4 is 11.3 Å². The minimum Gasteiger partial charge on any atom is -0.378 e. The fourth-order valence-corrected chi connectivity index (χ4v) is 4.70. The van der Waals surface area contributed by atoms with Crippen LogP contribution in [0.25, 0.3) is 11.4 Å². The molecule has 1 unspecified atom stereocenters. The number of rotatable bonds is 6. The summed E-state index contributed by atoms with van der Waals surface area (Å²) >= 11 is 0. The average molecular weight is 418 g/mol. The highest BCUT2D eigenvalue weighted by Crippen LogP contribution is 2.31. The quantitative estimate of drug-likeness (QED) is 0.727. The predicted octanol–water partition coefficient (Wildman–Crippen LogP) is 3.69. The van der Waals surface area contributed by atoms with Gasteiger partial charge < -0.3 is 15.0 Å². The van der Waals surface area contributed by atoms with Gasteiger partial charge in [-0.15, -0.1) is 0 Å². The maximum atomic E-state index is 5.28. The van der Waals surface area contributed by atoms with Crippen LogP contribution in [-0.4, -0.2) is 53.2 Å². The number of pyridine rings is 1. The average Bonchev–Trinajstić information content (AvgIpc) is 3.36. The third-order valence-corrected chi connectivity index (χ3v) is 6.53. The van der Waals surface area contributed by atoms with Gasteiger partial charge in [-0.05, 0) is 50.3 Å². The van der Waals surface area contributed by atoms with E-state index in [1.54, 1.807) is 0 Å². The maximum absolute atomic E-state index is 5.28. The van der Waals surface area contributed by atoms with Crippen LogP contribution in [0.3, 0.4) is 0 Å². The monoisotopic (exact) mass is 417 g/mol. The van der Waals surface area contributed by atoms with E-state index < -0.39 is 0 Å². The Labute approximate surface area is 184 Å². The van der Waals surface area contributed by atoms with Crippen molar-refractivity contribution in [1.82, 2.24) is 20.1 Å². The second-order valence-electron chi connectivity index (χ2n) is 8.80. The topological polar surface area (TPSA) is 55.2 Å². The Morgan fingerprint density at radius 1 is 1.23 bits per heavy atom. The molecule has 0 spiro atoms. The summed E-state index contributed by atoms with van der Waals surface area (Å²) in [6.07, 6.45) is 14.6. The summed E-state index contributed by atoms with van der Waals surface area (Å²) in [7, 11) is 0. The van der Waals surface area contributed by atoms with Gasteiger partial charge in [-0.25, -0.2) is 9.67 Å². The van der Waals surface area contributed by atoms with E-state index in [0.29, 0.717) is 12.1 Å². The van der Waals surface area contributed by atoms with Crippen LogP contribution >= 0.6 is 0 Å². The number of hydrogen-bond acceptors (Lipinski definition) is 5. The van der Waals surface area contributed by atoms with E-state index in [4.69, 9.17) is 14.8 Å². The van der Waals surface area contributed by atoms with E-state index in [-0.39, 0.29) is 0 Å². The van der Waals surface area contributed by atoms with Crippen molar-refractivity contribution in [2.75, 3.05) is 31.2 Å². The van der Waals surface area contributed by atoms with Crippen molar-refractivity contribution in [3.8, 4) is 5.82 Å². The molecule has 1 aliphatic carbocycles. The smallest absolute Gasteiger partial charge is 0.153 e. The summed E-state index contributed by atoms with van der Waals surface area (Å²) in [5.74, 6) is 0.863. The number of aromatic nitrogens is 3. The van der Waals surface area contributed by atoms with Crippen LogP contribution in [0, 0.1) is 0 Å². The van der Waals surface area contributed by atoms with Gasteiger partial charge in [-0.2, -0.15) is 5.10 Å². The molecule has 2 aromatic rings. The summed E-state index contributed by atoms with van der Waals surface area (Å²) < 4.78 is 7.21. The summed E-state index contributed by atoms with van der Waals surface area (Å²) in [6.45, 7) is 9.80. The lowest BCUT2D eigenvalue weighted by atomic mass is 10.0. The summed E-state index contributed by atoms with van der Waals surface area (Å²) in [6, 6.07) is 5.32. The minimum atomic E-state index is 0.532. The normalized spacial score (nSPS) is 22.0. The standard InChI is InChI=1S/C25H31N5O/c1-3-4-8-23-18(2)6-5-7-19-14-30(28-25(19)23)24-10-9-22(13-26-24)29-12-11-20(15-29)27-21-16-31-17-21/h3-4,8-10,13-14,20-21,27H,1,5-7,11-12,15-17H2,2H3/b8-4-. The van der Waals surface area contributed by atoms with E-state index in [1.165, 1.54) is 22.4 Å². The molecule has 2 aromatic heterocycles. The molecule has 2 aliphatic heterocycles. The van der Waals surface area contributed by atoms with Crippen molar-refractivity contribution in [2.45, 2.75) is 44.7 Å². The Balaban J connectivity index is 1.32. The van der Waals surface area contributed by atoms with Crippen molar-refractivity contribution < 1.29 is 4.74 Å². The fourth-order valence-electron chi connectivity index (χ4n) is 4.70. The SMILES string of the molecule is C=C/C=C\C1=C(C)CCCc2cn(-c3ccc(N4CCC(NC5COC5)C4)cn3)nc21. The van der Waals surface area contributed by atoms with Crippen molar-refractivity contribution in [3.63, 3.8) is 0 Å². The number of ether oxygens (including phenoxy) is 1. The molecule has 0 saturated carbocycles.